The van der Waals surface area contributed by atoms with Crippen molar-refractivity contribution in [3.05, 3.63) is 63.2 Å². The summed E-state index contributed by atoms with van der Waals surface area (Å²) < 4.78 is 2.74. The van der Waals surface area contributed by atoms with Gasteiger partial charge in [-0.15, -0.1) is 0 Å². The fraction of sp³-hybridized carbons (Fsp3) is 0. The fourth-order valence-electron chi connectivity index (χ4n) is 1.97. The van der Waals surface area contributed by atoms with Crippen LogP contribution in [0.5, 0.6) is 0 Å². The topological polar surface area (TPSA) is 43.8 Å². The van der Waals surface area contributed by atoms with Crippen LogP contribution in [0.15, 0.2) is 54.6 Å². The molecule has 0 bridgehead atoms. The lowest BCUT2D eigenvalue weighted by atomic mass is 10.1. The first-order valence-corrected chi connectivity index (χ1v) is 7.47. The van der Waals surface area contributed by atoms with Crippen molar-refractivity contribution in [3.8, 4) is 16.9 Å². The minimum Gasteiger partial charge on any atom is -0.384 e. The van der Waals surface area contributed by atoms with Gasteiger partial charge in [0.2, 0.25) is 0 Å². The molecule has 5 heteroatoms. The highest BCUT2D eigenvalue weighted by atomic mass is 127. The molecule has 0 aliphatic carbocycles. The Morgan fingerprint density at radius 3 is 2.50 bits per heavy atom. The van der Waals surface area contributed by atoms with Gasteiger partial charge >= 0.3 is 0 Å². The van der Waals surface area contributed by atoms with Gasteiger partial charge in [-0.25, -0.2) is 4.68 Å². The number of para-hydroxylation sites is 1. The van der Waals surface area contributed by atoms with E-state index in [9.17, 15) is 0 Å². The molecular weight excluding hydrogens is 385 g/mol. The molecule has 100 valence electrons. The molecule has 20 heavy (non-hydrogen) atoms. The van der Waals surface area contributed by atoms with Crippen LogP contribution in [0.1, 0.15) is 0 Å². The van der Waals surface area contributed by atoms with E-state index in [1.165, 1.54) is 0 Å². The lowest BCUT2D eigenvalue weighted by Crippen LogP contribution is -2.01. The molecule has 0 saturated carbocycles. The molecule has 0 aliphatic rings. The van der Waals surface area contributed by atoms with Crippen molar-refractivity contribution in [1.82, 2.24) is 9.78 Å². The Labute approximate surface area is 135 Å². The summed E-state index contributed by atoms with van der Waals surface area (Å²) in [6.07, 6.45) is 0. The highest BCUT2D eigenvalue weighted by Crippen LogP contribution is 2.27. The van der Waals surface area contributed by atoms with Crippen molar-refractivity contribution in [2.45, 2.75) is 0 Å². The highest BCUT2D eigenvalue weighted by Gasteiger charge is 2.09. The molecule has 2 N–H and O–H groups in total. The van der Waals surface area contributed by atoms with Crippen LogP contribution >= 0.6 is 34.2 Å². The van der Waals surface area contributed by atoms with Crippen molar-refractivity contribution in [2.75, 3.05) is 5.73 Å². The predicted octanol–water partition coefficient (Wildman–Crippen LogP) is 4.38. The van der Waals surface area contributed by atoms with Crippen molar-refractivity contribution >= 4 is 40.0 Å². The summed E-state index contributed by atoms with van der Waals surface area (Å²) in [5.74, 6) is 0.598. The number of rotatable bonds is 2. The Bertz CT molecular complexity index is 753. The third kappa shape index (κ3) is 2.53. The molecule has 1 heterocycles. The second-order valence-electron chi connectivity index (χ2n) is 4.33. The smallest absolute Gasteiger partial charge is 0.127 e. The summed E-state index contributed by atoms with van der Waals surface area (Å²) in [5.41, 5.74) is 8.75. The van der Waals surface area contributed by atoms with E-state index in [0.29, 0.717) is 5.82 Å². The first-order chi connectivity index (χ1) is 9.65. The first-order valence-electron chi connectivity index (χ1n) is 6.01. The number of benzene rings is 2. The minimum atomic E-state index is 0.598. The number of anilines is 1. The third-order valence-corrected chi connectivity index (χ3v) is 4.53. The predicted molar refractivity (Wildman–Crippen MR) is 91.1 cm³/mol. The zero-order chi connectivity index (χ0) is 14.1. The van der Waals surface area contributed by atoms with Gasteiger partial charge in [0.15, 0.2) is 0 Å². The standard InChI is InChI=1S/C15H11ClIN3/c16-12-8-10(6-7-13(12)17)14-9-15(18)20(19-14)11-4-2-1-3-5-11/h1-9H,18H2. The minimum absolute atomic E-state index is 0.598. The van der Waals surface area contributed by atoms with Gasteiger partial charge in [-0.3, -0.25) is 0 Å². The summed E-state index contributed by atoms with van der Waals surface area (Å²) in [5, 5.41) is 5.27. The summed E-state index contributed by atoms with van der Waals surface area (Å²) in [6.45, 7) is 0. The molecule has 0 amide bonds. The monoisotopic (exact) mass is 395 g/mol. The van der Waals surface area contributed by atoms with Crippen LogP contribution in [-0.2, 0) is 0 Å². The number of nitrogens with two attached hydrogens (primary N) is 1. The van der Waals surface area contributed by atoms with Gasteiger partial charge in [0.25, 0.3) is 0 Å². The number of aromatic nitrogens is 2. The van der Waals surface area contributed by atoms with Crippen LogP contribution in [0.25, 0.3) is 16.9 Å². The molecule has 0 atom stereocenters. The number of halogens is 2. The lowest BCUT2D eigenvalue weighted by molar-refractivity contribution is 0.895. The molecule has 0 aliphatic heterocycles. The van der Waals surface area contributed by atoms with Crippen LogP contribution in [0.3, 0.4) is 0 Å². The molecule has 0 radical (unpaired) electrons. The maximum atomic E-state index is 6.15. The molecule has 3 nitrogen and oxygen atoms in total. The van der Waals surface area contributed by atoms with Gasteiger partial charge in [0.1, 0.15) is 5.82 Å². The van der Waals surface area contributed by atoms with E-state index in [2.05, 4.69) is 27.7 Å². The van der Waals surface area contributed by atoms with Gasteiger partial charge in [-0.1, -0.05) is 35.9 Å². The second-order valence-corrected chi connectivity index (χ2v) is 5.90. The van der Waals surface area contributed by atoms with Gasteiger partial charge in [-0.05, 0) is 46.9 Å². The molecule has 3 rings (SSSR count). The Hall–Kier alpha value is -1.53. The maximum Gasteiger partial charge on any atom is 0.127 e. The summed E-state index contributed by atoms with van der Waals surface area (Å²) in [6, 6.07) is 17.5. The average Bonchev–Trinajstić information content (AvgIpc) is 2.85. The van der Waals surface area contributed by atoms with Gasteiger partial charge in [0, 0.05) is 15.2 Å². The van der Waals surface area contributed by atoms with E-state index in [4.69, 9.17) is 17.3 Å². The van der Waals surface area contributed by atoms with Crippen molar-refractivity contribution in [3.63, 3.8) is 0 Å². The summed E-state index contributed by atoms with van der Waals surface area (Å²) >= 11 is 8.35. The molecular formula is C15H11ClIN3. The van der Waals surface area contributed by atoms with Crippen LogP contribution in [0, 0.1) is 3.57 Å². The average molecular weight is 396 g/mol. The van der Waals surface area contributed by atoms with E-state index < -0.39 is 0 Å². The van der Waals surface area contributed by atoms with E-state index in [0.717, 1.165) is 25.5 Å². The first kappa shape index (κ1) is 13.5. The lowest BCUT2D eigenvalue weighted by Gasteiger charge is -2.03. The number of nitrogens with zero attached hydrogens (tertiary/aromatic N) is 2. The largest absolute Gasteiger partial charge is 0.384 e. The van der Waals surface area contributed by atoms with Crippen LogP contribution in [-0.4, -0.2) is 9.78 Å². The number of hydrogen-bond acceptors (Lipinski definition) is 2. The van der Waals surface area contributed by atoms with Gasteiger partial charge in [-0.2, -0.15) is 5.10 Å². The van der Waals surface area contributed by atoms with E-state index in [1.54, 1.807) is 4.68 Å². The van der Waals surface area contributed by atoms with Crippen molar-refractivity contribution in [1.29, 1.82) is 0 Å². The molecule has 0 spiro atoms. The SMILES string of the molecule is Nc1cc(-c2ccc(I)c(Cl)c2)nn1-c1ccccc1. The maximum absolute atomic E-state index is 6.15. The molecule has 0 saturated heterocycles. The Morgan fingerprint density at radius 2 is 1.80 bits per heavy atom. The van der Waals surface area contributed by atoms with E-state index >= 15 is 0 Å². The molecule has 0 fully saturated rings. The van der Waals surface area contributed by atoms with Crippen LogP contribution in [0.4, 0.5) is 5.82 Å². The third-order valence-electron chi connectivity index (χ3n) is 2.95. The fourth-order valence-corrected chi connectivity index (χ4v) is 2.48. The number of nitrogen functional groups attached to an aromatic ring is 1. The van der Waals surface area contributed by atoms with Crippen molar-refractivity contribution < 1.29 is 0 Å². The molecule has 0 unspecified atom stereocenters. The molecule has 3 aromatic rings. The zero-order valence-electron chi connectivity index (χ0n) is 10.4. The highest BCUT2D eigenvalue weighted by molar-refractivity contribution is 14.1. The molecule has 1 aromatic heterocycles. The Morgan fingerprint density at radius 1 is 1.05 bits per heavy atom. The van der Waals surface area contributed by atoms with Crippen molar-refractivity contribution in [2.24, 2.45) is 0 Å². The number of hydrogen-bond donors (Lipinski definition) is 1. The Balaban J connectivity index is 2.06. The van der Waals surface area contributed by atoms with E-state index in [-0.39, 0.29) is 0 Å². The van der Waals surface area contributed by atoms with Crippen LogP contribution < -0.4 is 5.73 Å². The van der Waals surface area contributed by atoms with E-state index in [1.807, 2.05) is 54.6 Å². The van der Waals surface area contributed by atoms with Gasteiger partial charge in [0.05, 0.1) is 16.4 Å². The summed E-state index contributed by atoms with van der Waals surface area (Å²) in [4.78, 5) is 0. The Kier molecular flexibility index (Phi) is 3.67. The van der Waals surface area contributed by atoms with Gasteiger partial charge < -0.3 is 5.73 Å². The van der Waals surface area contributed by atoms with Crippen LogP contribution in [0.2, 0.25) is 5.02 Å². The normalized spacial score (nSPS) is 10.7. The second kappa shape index (κ2) is 5.46. The molecule has 2 aromatic carbocycles. The zero-order valence-corrected chi connectivity index (χ0v) is 13.3. The quantitative estimate of drug-likeness (QED) is 0.655. The summed E-state index contributed by atoms with van der Waals surface area (Å²) in [7, 11) is 0.